The number of rotatable bonds is 1. The summed E-state index contributed by atoms with van der Waals surface area (Å²) in [5.41, 5.74) is 0.458. The van der Waals surface area contributed by atoms with E-state index in [1.807, 2.05) is 6.07 Å². The number of aromatic nitrogens is 4. The molecule has 0 aliphatic heterocycles. The fourth-order valence-electron chi connectivity index (χ4n) is 0.997. The standard InChI is InChI=1S/C8H4IN5/c9-7-4-12-14(5-7)8-6(3-10)1-2-11-13-8/h1-2,4-5H. The molecule has 0 saturated carbocycles. The molecule has 14 heavy (non-hydrogen) atoms. The van der Waals surface area contributed by atoms with Crippen molar-refractivity contribution in [2.75, 3.05) is 0 Å². The summed E-state index contributed by atoms with van der Waals surface area (Å²) in [5.74, 6) is 0.456. The Hall–Kier alpha value is -1.49. The Bertz CT molecular complexity index is 498. The third-order valence-corrected chi connectivity index (χ3v) is 2.15. The van der Waals surface area contributed by atoms with Crippen molar-refractivity contribution in [3.05, 3.63) is 33.8 Å². The maximum absolute atomic E-state index is 8.83. The molecule has 2 rings (SSSR count). The summed E-state index contributed by atoms with van der Waals surface area (Å²) in [4.78, 5) is 0. The minimum atomic E-state index is 0.456. The van der Waals surface area contributed by atoms with E-state index in [0.717, 1.165) is 3.57 Å². The fraction of sp³-hybridized carbons (Fsp3) is 0. The first-order chi connectivity index (χ1) is 6.81. The van der Waals surface area contributed by atoms with Crippen LogP contribution in [0.3, 0.4) is 0 Å². The predicted octanol–water partition coefficient (Wildman–Crippen LogP) is 1.14. The van der Waals surface area contributed by atoms with Crippen LogP contribution in [-0.4, -0.2) is 20.0 Å². The molecule has 0 amide bonds. The summed E-state index contributed by atoms with van der Waals surface area (Å²) >= 11 is 2.14. The zero-order chi connectivity index (χ0) is 9.97. The van der Waals surface area contributed by atoms with E-state index in [1.165, 1.54) is 10.9 Å². The van der Waals surface area contributed by atoms with Crippen LogP contribution in [0.25, 0.3) is 5.82 Å². The molecule has 2 heterocycles. The molecule has 0 aliphatic carbocycles. The Morgan fingerprint density at radius 1 is 1.50 bits per heavy atom. The lowest BCUT2D eigenvalue weighted by atomic mass is 10.3. The van der Waals surface area contributed by atoms with Crippen LogP contribution in [0.2, 0.25) is 0 Å². The molecule has 0 unspecified atom stereocenters. The largest absolute Gasteiger partial charge is 0.219 e. The number of nitrogens with zero attached hydrogens (tertiary/aromatic N) is 5. The molecular weight excluding hydrogens is 293 g/mol. The molecule has 5 nitrogen and oxygen atoms in total. The lowest BCUT2D eigenvalue weighted by Crippen LogP contribution is -2.02. The van der Waals surface area contributed by atoms with E-state index in [2.05, 4.69) is 37.9 Å². The highest BCUT2D eigenvalue weighted by atomic mass is 127. The number of nitriles is 1. The molecule has 68 valence electrons. The molecule has 6 heteroatoms. The van der Waals surface area contributed by atoms with E-state index in [0.29, 0.717) is 11.4 Å². The molecule has 0 saturated heterocycles. The van der Waals surface area contributed by atoms with Gasteiger partial charge in [-0.05, 0) is 28.7 Å². The zero-order valence-electron chi connectivity index (χ0n) is 6.92. The van der Waals surface area contributed by atoms with Gasteiger partial charge in [-0.1, -0.05) is 0 Å². The maximum Gasteiger partial charge on any atom is 0.193 e. The second kappa shape index (κ2) is 3.71. The van der Waals surface area contributed by atoms with Crippen LogP contribution in [0.5, 0.6) is 0 Å². The van der Waals surface area contributed by atoms with Crippen molar-refractivity contribution in [1.29, 1.82) is 5.26 Å². The van der Waals surface area contributed by atoms with Crippen LogP contribution in [0.15, 0.2) is 24.7 Å². The molecule has 0 N–H and O–H groups in total. The molecular formula is C8H4IN5. The van der Waals surface area contributed by atoms with E-state index in [9.17, 15) is 0 Å². The van der Waals surface area contributed by atoms with Crippen LogP contribution in [0, 0.1) is 14.9 Å². The zero-order valence-corrected chi connectivity index (χ0v) is 9.08. The Labute approximate surface area is 93.5 Å². The second-order valence-corrected chi connectivity index (χ2v) is 3.73. The number of hydrogen-bond donors (Lipinski definition) is 0. The summed E-state index contributed by atoms with van der Waals surface area (Å²) in [6.45, 7) is 0. The van der Waals surface area contributed by atoms with Gasteiger partial charge in [0.2, 0.25) is 0 Å². The minimum Gasteiger partial charge on any atom is -0.219 e. The Kier molecular flexibility index (Phi) is 2.41. The van der Waals surface area contributed by atoms with Gasteiger partial charge in [0.25, 0.3) is 0 Å². The highest BCUT2D eigenvalue weighted by Gasteiger charge is 2.06. The average molecular weight is 297 g/mol. The second-order valence-electron chi connectivity index (χ2n) is 2.48. The first-order valence-electron chi connectivity index (χ1n) is 3.73. The van der Waals surface area contributed by atoms with Crippen molar-refractivity contribution in [2.24, 2.45) is 0 Å². The van der Waals surface area contributed by atoms with Gasteiger partial charge in [0, 0.05) is 6.20 Å². The number of hydrogen-bond acceptors (Lipinski definition) is 4. The van der Waals surface area contributed by atoms with Crippen molar-refractivity contribution in [3.8, 4) is 11.9 Å². The molecule has 0 spiro atoms. The van der Waals surface area contributed by atoms with Gasteiger partial charge < -0.3 is 0 Å². The topological polar surface area (TPSA) is 67.4 Å². The fourth-order valence-corrected chi connectivity index (χ4v) is 1.39. The molecule has 2 aromatic heterocycles. The van der Waals surface area contributed by atoms with Crippen molar-refractivity contribution >= 4 is 22.6 Å². The molecule has 0 atom stereocenters. The van der Waals surface area contributed by atoms with Gasteiger partial charge in [-0.15, -0.1) is 5.10 Å². The first-order valence-corrected chi connectivity index (χ1v) is 4.81. The Morgan fingerprint density at radius 2 is 2.36 bits per heavy atom. The van der Waals surface area contributed by atoms with Crippen molar-refractivity contribution in [1.82, 2.24) is 20.0 Å². The van der Waals surface area contributed by atoms with Gasteiger partial charge in [-0.3, -0.25) is 0 Å². The molecule has 0 bridgehead atoms. The van der Waals surface area contributed by atoms with E-state index in [1.54, 1.807) is 18.5 Å². The van der Waals surface area contributed by atoms with Gasteiger partial charge >= 0.3 is 0 Å². The SMILES string of the molecule is N#Cc1ccnnc1-n1cc(I)cn1. The summed E-state index contributed by atoms with van der Waals surface area (Å²) in [6.07, 6.45) is 4.96. The van der Waals surface area contributed by atoms with Gasteiger partial charge in [0.1, 0.15) is 11.6 Å². The molecule has 0 radical (unpaired) electrons. The Morgan fingerprint density at radius 3 is 3.00 bits per heavy atom. The van der Waals surface area contributed by atoms with E-state index >= 15 is 0 Å². The van der Waals surface area contributed by atoms with Gasteiger partial charge in [-0.2, -0.15) is 15.5 Å². The lowest BCUT2D eigenvalue weighted by Gasteiger charge is -1.99. The van der Waals surface area contributed by atoms with E-state index in [4.69, 9.17) is 5.26 Å². The molecule has 2 aromatic rings. The van der Waals surface area contributed by atoms with Crippen LogP contribution in [0.1, 0.15) is 5.56 Å². The summed E-state index contributed by atoms with van der Waals surface area (Å²) in [5, 5.41) is 20.4. The average Bonchev–Trinajstić information content (AvgIpc) is 2.65. The van der Waals surface area contributed by atoms with Crippen LogP contribution < -0.4 is 0 Å². The van der Waals surface area contributed by atoms with Crippen molar-refractivity contribution in [3.63, 3.8) is 0 Å². The number of halogens is 1. The highest BCUT2D eigenvalue weighted by molar-refractivity contribution is 14.1. The quantitative estimate of drug-likeness (QED) is 0.740. The predicted molar refractivity (Wildman–Crippen MR) is 56.6 cm³/mol. The third-order valence-electron chi connectivity index (χ3n) is 1.59. The molecule has 0 aromatic carbocycles. The third kappa shape index (κ3) is 1.58. The van der Waals surface area contributed by atoms with Crippen molar-refractivity contribution in [2.45, 2.75) is 0 Å². The molecule has 0 aliphatic rings. The summed E-state index contributed by atoms with van der Waals surface area (Å²) < 4.78 is 2.52. The van der Waals surface area contributed by atoms with Crippen LogP contribution in [-0.2, 0) is 0 Å². The normalized spacial score (nSPS) is 9.71. The minimum absolute atomic E-state index is 0.456. The Balaban J connectivity index is 2.57. The smallest absolute Gasteiger partial charge is 0.193 e. The lowest BCUT2D eigenvalue weighted by molar-refractivity contribution is 0.810. The first kappa shape index (κ1) is 9.08. The highest BCUT2D eigenvalue weighted by Crippen LogP contribution is 2.10. The molecule has 0 fully saturated rings. The summed E-state index contributed by atoms with van der Waals surface area (Å²) in [6, 6.07) is 3.65. The van der Waals surface area contributed by atoms with Gasteiger partial charge in [0.05, 0.1) is 16.0 Å². The van der Waals surface area contributed by atoms with E-state index < -0.39 is 0 Å². The van der Waals surface area contributed by atoms with E-state index in [-0.39, 0.29) is 0 Å². The maximum atomic E-state index is 8.83. The van der Waals surface area contributed by atoms with Crippen molar-refractivity contribution < 1.29 is 0 Å². The summed E-state index contributed by atoms with van der Waals surface area (Å²) in [7, 11) is 0. The van der Waals surface area contributed by atoms with Crippen LogP contribution in [0.4, 0.5) is 0 Å². The van der Waals surface area contributed by atoms with Gasteiger partial charge in [0.15, 0.2) is 5.82 Å². The monoisotopic (exact) mass is 297 g/mol. The van der Waals surface area contributed by atoms with Crippen LogP contribution >= 0.6 is 22.6 Å². The van der Waals surface area contributed by atoms with Gasteiger partial charge in [-0.25, -0.2) is 4.68 Å².